The average molecular weight is 559 g/mol. The van der Waals surface area contributed by atoms with Crippen LogP contribution < -0.4 is 15.4 Å². The lowest BCUT2D eigenvalue weighted by Gasteiger charge is -2.25. The molecular weight excluding hydrogens is 524 g/mol. The van der Waals surface area contributed by atoms with Crippen LogP contribution in [-0.2, 0) is 6.42 Å². The number of ether oxygens (including phenoxy) is 1. The molecule has 2 atom stereocenters. The Kier molecular flexibility index (Phi) is 9.09. The van der Waals surface area contributed by atoms with Crippen molar-refractivity contribution in [3.05, 3.63) is 132 Å². The van der Waals surface area contributed by atoms with E-state index in [4.69, 9.17) is 4.74 Å². The second-order valence-electron chi connectivity index (χ2n) is 10.2. The zero-order valence-corrected chi connectivity index (χ0v) is 23.7. The zero-order chi connectivity index (χ0) is 29.3. The van der Waals surface area contributed by atoms with Crippen LogP contribution in [0.15, 0.2) is 116 Å². The van der Waals surface area contributed by atoms with Crippen LogP contribution in [0.25, 0.3) is 11.3 Å². The van der Waals surface area contributed by atoms with Gasteiger partial charge in [0, 0.05) is 29.8 Å². The van der Waals surface area contributed by atoms with Gasteiger partial charge in [0.25, 0.3) is 5.91 Å². The first-order valence-electron chi connectivity index (χ1n) is 13.9. The maximum atomic E-state index is 12.8. The molecule has 0 saturated carbocycles. The quantitative estimate of drug-likeness (QED) is 0.162. The molecule has 0 radical (unpaired) electrons. The Bertz CT molecular complexity index is 1620. The molecule has 212 valence electrons. The van der Waals surface area contributed by atoms with E-state index < -0.39 is 0 Å². The predicted molar refractivity (Wildman–Crippen MR) is 166 cm³/mol. The molecule has 42 heavy (non-hydrogen) atoms. The van der Waals surface area contributed by atoms with Gasteiger partial charge in [-0.05, 0) is 59.9 Å². The number of phenols is 1. The van der Waals surface area contributed by atoms with Crippen LogP contribution in [0.3, 0.4) is 0 Å². The fourth-order valence-electron chi connectivity index (χ4n) is 5.13. The first-order chi connectivity index (χ1) is 20.5. The van der Waals surface area contributed by atoms with Gasteiger partial charge in [-0.25, -0.2) is 9.97 Å². The number of para-hydroxylation sites is 2. The number of hydrogen-bond donors (Lipinski definition) is 3. The lowest BCUT2D eigenvalue weighted by atomic mass is 9.83. The predicted octanol–water partition coefficient (Wildman–Crippen LogP) is 6.99. The molecular formula is C35H34N4O3. The average Bonchev–Trinajstić information content (AvgIpc) is 3.03. The van der Waals surface area contributed by atoms with Crippen molar-refractivity contribution in [1.29, 1.82) is 0 Å². The third-order valence-electron chi connectivity index (χ3n) is 7.38. The van der Waals surface area contributed by atoms with E-state index in [2.05, 4.69) is 51.8 Å². The van der Waals surface area contributed by atoms with Crippen molar-refractivity contribution in [2.75, 3.05) is 19.0 Å². The molecule has 1 aromatic heterocycles. The molecule has 2 unspecified atom stereocenters. The summed E-state index contributed by atoms with van der Waals surface area (Å²) in [4.78, 5) is 21.6. The lowest BCUT2D eigenvalue weighted by Crippen LogP contribution is -2.31. The van der Waals surface area contributed by atoms with Gasteiger partial charge in [0.2, 0.25) is 0 Å². The second kappa shape index (κ2) is 13.5. The number of phenolic OH excluding ortho intramolecular Hbond substituents is 1. The molecule has 7 heteroatoms. The van der Waals surface area contributed by atoms with Crippen molar-refractivity contribution in [1.82, 2.24) is 15.3 Å². The minimum absolute atomic E-state index is 0.0222. The van der Waals surface area contributed by atoms with E-state index in [0.29, 0.717) is 12.4 Å². The number of carbonyl (C=O) groups is 1. The van der Waals surface area contributed by atoms with Crippen molar-refractivity contribution in [2.24, 2.45) is 5.92 Å². The molecule has 0 bridgehead atoms. The number of carbonyl (C=O) groups excluding carboxylic acids is 1. The highest BCUT2D eigenvalue weighted by Gasteiger charge is 2.22. The number of benzene rings is 4. The summed E-state index contributed by atoms with van der Waals surface area (Å²) >= 11 is 0. The zero-order valence-electron chi connectivity index (χ0n) is 23.7. The molecule has 0 aliphatic heterocycles. The molecule has 1 amide bonds. The van der Waals surface area contributed by atoms with Crippen molar-refractivity contribution in [3.63, 3.8) is 0 Å². The summed E-state index contributed by atoms with van der Waals surface area (Å²) in [6.07, 6.45) is 2.37. The Hall–Kier alpha value is -5.17. The minimum Gasteiger partial charge on any atom is -0.507 e. The minimum atomic E-state index is -0.282. The van der Waals surface area contributed by atoms with Crippen molar-refractivity contribution >= 4 is 17.4 Å². The number of aromatic nitrogens is 2. The van der Waals surface area contributed by atoms with Crippen LogP contribution in [0, 0.1) is 5.92 Å². The number of aromatic hydroxyl groups is 1. The Labute approximate surface area is 246 Å². The number of methoxy groups -OCH3 is 1. The summed E-state index contributed by atoms with van der Waals surface area (Å²) in [7, 11) is 1.65. The van der Waals surface area contributed by atoms with E-state index in [1.165, 1.54) is 11.6 Å². The number of rotatable bonds is 11. The third-order valence-corrected chi connectivity index (χ3v) is 7.38. The largest absolute Gasteiger partial charge is 0.507 e. The van der Waals surface area contributed by atoms with Gasteiger partial charge in [0.1, 0.15) is 23.6 Å². The van der Waals surface area contributed by atoms with Gasteiger partial charge >= 0.3 is 0 Å². The van der Waals surface area contributed by atoms with Gasteiger partial charge < -0.3 is 20.5 Å². The summed E-state index contributed by atoms with van der Waals surface area (Å²) in [5, 5.41) is 16.5. The van der Waals surface area contributed by atoms with E-state index in [1.807, 2.05) is 60.7 Å². The van der Waals surface area contributed by atoms with Gasteiger partial charge in [-0.1, -0.05) is 73.7 Å². The van der Waals surface area contributed by atoms with E-state index in [0.717, 1.165) is 34.7 Å². The summed E-state index contributed by atoms with van der Waals surface area (Å²) in [6, 6.07) is 34.8. The van der Waals surface area contributed by atoms with Crippen molar-refractivity contribution in [3.8, 4) is 22.8 Å². The molecule has 1 heterocycles. The molecule has 0 spiro atoms. The van der Waals surface area contributed by atoms with Gasteiger partial charge in [-0.3, -0.25) is 4.79 Å². The smallest absolute Gasteiger partial charge is 0.255 e. The molecule has 0 saturated heterocycles. The highest BCUT2D eigenvalue weighted by atomic mass is 16.5. The highest BCUT2D eigenvalue weighted by molar-refractivity contribution is 5.96. The standard InChI is InChI=1S/C35H34N4O3/c1-24(30(26-10-4-3-5-11-26)22-36-35(41)29-13-6-8-14-32(29)40)20-25-16-18-27(19-17-25)39-34-21-31(37-23-38-34)28-12-7-9-15-33(28)42-2/h3-19,21,23-24,30,40H,20,22H2,1-2H3,(H,36,41)(H,37,38,39). The topological polar surface area (TPSA) is 96.4 Å². The normalized spacial score (nSPS) is 12.2. The maximum absolute atomic E-state index is 12.8. The molecule has 0 fully saturated rings. The molecule has 3 N–H and O–H groups in total. The number of nitrogens with one attached hydrogen (secondary N) is 2. The van der Waals surface area contributed by atoms with Crippen LogP contribution >= 0.6 is 0 Å². The number of amides is 1. The summed E-state index contributed by atoms with van der Waals surface area (Å²) < 4.78 is 5.49. The Morgan fingerprint density at radius 1 is 0.881 bits per heavy atom. The highest BCUT2D eigenvalue weighted by Crippen LogP contribution is 2.30. The van der Waals surface area contributed by atoms with Crippen LogP contribution in [0.1, 0.15) is 34.3 Å². The first kappa shape index (κ1) is 28.4. The van der Waals surface area contributed by atoms with E-state index in [1.54, 1.807) is 31.6 Å². The summed E-state index contributed by atoms with van der Waals surface area (Å²) in [5.74, 6) is 1.47. The second-order valence-corrected chi connectivity index (χ2v) is 10.2. The van der Waals surface area contributed by atoms with Gasteiger partial charge in [0.15, 0.2) is 0 Å². The van der Waals surface area contributed by atoms with Crippen molar-refractivity contribution < 1.29 is 14.6 Å². The molecule has 4 aromatic carbocycles. The van der Waals surface area contributed by atoms with Crippen LogP contribution in [0.2, 0.25) is 0 Å². The third kappa shape index (κ3) is 6.93. The maximum Gasteiger partial charge on any atom is 0.255 e. The Balaban J connectivity index is 1.26. The molecule has 0 aliphatic carbocycles. The van der Waals surface area contributed by atoms with Crippen LogP contribution in [0.5, 0.6) is 11.5 Å². The van der Waals surface area contributed by atoms with Crippen LogP contribution in [0.4, 0.5) is 11.5 Å². The molecule has 0 aliphatic rings. The van der Waals surface area contributed by atoms with Gasteiger partial charge in [0.05, 0.1) is 18.4 Å². The van der Waals surface area contributed by atoms with Gasteiger partial charge in [-0.2, -0.15) is 0 Å². The van der Waals surface area contributed by atoms with E-state index in [-0.39, 0.29) is 29.1 Å². The van der Waals surface area contributed by atoms with Crippen LogP contribution in [-0.4, -0.2) is 34.6 Å². The fourth-order valence-corrected chi connectivity index (χ4v) is 5.13. The number of anilines is 2. The summed E-state index contributed by atoms with van der Waals surface area (Å²) in [5.41, 5.74) is 5.23. The fraction of sp³-hybridized carbons (Fsp3) is 0.171. The molecule has 5 rings (SSSR count). The van der Waals surface area contributed by atoms with E-state index >= 15 is 0 Å². The van der Waals surface area contributed by atoms with E-state index in [9.17, 15) is 9.90 Å². The Morgan fingerprint density at radius 3 is 2.36 bits per heavy atom. The number of nitrogens with zero attached hydrogens (tertiary/aromatic N) is 2. The molecule has 7 nitrogen and oxygen atoms in total. The molecule has 5 aromatic rings. The lowest BCUT2D eigenvalue weighted by molar-refractivity contribution is 0.0946. The van der Waals surface area contributed by atoms with Gasteiger partial charge in [-0.15, -0.1) is 0 Å². The van der Waals surface area contributed by atoms with Crippen molar-refractivity contribution in [2.45, 2.75) is 19.3 Å². The Morgan fingerprint density at radius 2 is 1.60 bits per heavy atom. The SMILES string of the molecule is COc1ccccc1-c1cc(Nc2ccc(CC(C)C(CNC(=O)c3ccccc3O)c3ccccc3)cc2)ncn1. The monoisotopic (exact) mass is 558 g/mol. The first-order valence-corrected chi connectivity index (χ1v) is 13.9. The summed E-state index contributed by atoms with van der Waals surface area (Å²) in [6.45, 7) is 2.66. The number of hydrogen-bond acceptors (Lipinski definition) is 6.